The quantitative estimate of drug-likeness (QED) is 0.736. The molecule has 0 aromatic rings. The van der Waals surface area contributed by atoms with Gasteiger partial charge in [0.25, 0.3) is 0 Å². The maximum absolute atomic E-state index is 11.8. The van der Waals surface area contributed by atoms with Crippen LogP contribution in [0.3, 0.4) is 0 Å². The van der Waals surface area contributed by atoms with E-state index in [9.17, 15) is 13.2 Å². The summed E-state index contributed by atoms with van der Waals surface area (Å²) in [5.74, 6) is 0.118. The number of carbonyl (C=O) groups is 1. The number of carbonyl (C=O) groups excluding carboxylic acids is 1. The summed E-state index contributed by atoms with van der Waals surface area (Å²) in [6.45, 7) is 5.72. The van der Waals surface area contributed by atoms with Gasteiger partial charge in [-0.3, -0.25) is 4.79 Å². The molecular weight excluding hydrogens is 240 g/mol. The normalized spacial score (nSPS) is 23.1. The zero-order valence-corrected chi connectivity index (χ0v) is 11.5. The highest BCUT2D eigenvalue weighted by atomic mass is 32.2. The summed E-state index contributed by atoms with van der Waals surface area (Å²) in [6, 6.07) is -0.625. The van der Waals surface area contributed by atoms with Gasteiger partial charge in [0, 0.05) is 6.04 Å². The van der Waals surface area contributed by atoms with Gasteiger partial charge >= 0.3 is 0 Å². The van der Waals surface area contributed by atoms with Crippen molar-refractivity contribution in [1.82, 2.24) is 5.32 Å². The van der Waals surface area contributed by atoms with Crippen LogP contribution >= 0.6 is 0 Å². The monoisotopic (exact) mass is 262 g/mol. The van der Waals surface area contributed by atoms with E-state index in [1.165, 1.54) is 0 Å². The fourth-order valence-corrected chi connectivity index (χ4v) is 3.21. The molecule has 1 amide bonds. The lowest BCUT2D eigenvalue weighted by molar-refractivity contribution is -0.125. The maximum Gasteiger partial charge on any atom is 0.237 e. The Labute approximate surface area is 103 Å². The van der Waals surface area contributed by atoms with Crippen molar-refractivity contribution in [1.29, 1.82) is 0 Å². The second-order valence-corrected chi connectivity index (χ2v) is 8.08. The summed E-state index contributed by atoms with van der Waals surface area (Å²) < 4.78 is 22.5. The van der Waals surface area contributed by atoms with Crippen molar-refractivity contribution >= 4 is 15.7 Å². The molecule has 17 heavy (non-hydrogen) atoms. The molecule has 0 bridgehead atoms. The smallest absolute Gasteiger partial charge is 0.237 e. The molecule has 0 unspecified atom stereocenters. The first kappa shape index (κ1) is 14.4. The first-order valence-electron chi connectivity index (χ1n) is 5.88. The van der Waals surface area contributed by atoms with Crippen LogP contribution in [0, 0.1) is 5.41 Å². The zero-order valence-electron chi connectivity index (χ0n) is 10.7. The molecule has 0 radical (unpaired) electrons. The Hall–Kier alpha value is -0.620. The number of hydrogen-bond donors (Lipinski definition) is 2. The Kier molecular flexibility index (Phi) is 4.19. The lowest BCUT2D eigenvalue weighted by Gasteiger charge is -2.29. The summed E-state index contributed by atoms with van der Waals surface area (Å²) in [4.78, 5) is 11.8. The van der Waals surface area contributed by atoms with Gasteiger partial charge in [-0.05, 0) is 18.3 Å². The molecule has 0 aromatic carbocycles. The standard InChI is InChI=1S/C11H22N2O3S/c1-11(2,3)9(12)10(14)13-8-4-6-17(15,16)7-5-8/h8-9H,4-7,12H2,1-3H3,(H,13,14)/t9-/m1/s1. The van der Waals surface area contributed by atoms with E-state index in [2.05, 4.69) is 5.32 Å². The van der Waals surface area contributed by atoms with E-state index in [-0.39, 0.29) is 28.9 Å². The molecule has 1 saturated heterocycles. The van der Waals surface area contributed by atoms with Gasteiger partial charge in [-0.2, -0.15) is 0 Å². The Balaban J connectivity index is 2.49. The minimum atomic E-state index is -2.88. The van der Waals surface area contributed by atoms with Crippen LogP contribution in [0.25, 0.3) is 0 Å². The van der Waals surface area contributed by atoms with Crippen molar-refractivity contribution < 1.29 is 13.2 Å². The molecule has 0 aliphatic carbocycles. The topological polar surface area (TPSA) is 89.3 Å². The third-order valence-corrected chi connectivity index (χ3v) is 4.83. The minimum Gasteiger partial charge on any atom is -0.352 e. The number of sulfone groups is 1. The Morgan fingerprint density at radius 2 is 1.76 bits per heavy atom. The summed E-state index contributed by atoms with van der Waals surface area (Å²) in [5, 5.41) is 2.83. The van der Waals surface area contributed by atoms with Crippen molar-refractivity contribution in [2.75, 3.05) is 11.5 Å². The minimum absolute atomic E-state index is 0.0561. The van der Waals surface area contributed by atoms with Gasteiger partial charge < -0.3 is 11.1 Å². The van der Waals surface area contributed by atoms with Crippen LogP contribution in [0.15, 0.2) is 0 Å². The van der Waals surface area contributed by atoms with E-state index in [0.717, 1.165) is 0 Å². The molecule has 1 aliphatic heterocycles. The number of nitrogens with one attached hydrogen (secondary N) is 1. The van der Waals surface area contributed by atoms with Crippen LogP contribution in [-0.4, -0.2) is 37.9 Å². The molecule has 1 atom stereocenters. The van der Waals surface area contributed by atoms with Crippen LogP contribution in [0.2, 0.25) is 0 Å². The fraction of sp³-hybridized carbons (Fsp3) is 0.909. The fourth-order valence-electron chi connectivity index (χ4n) is 1.72. The predicted octanol–water partition coefficient (Wildman–Crippen LogP) is 0.0532. The van der Waals surface area contributed by atoms with Crippen LogP contribution in [0.4, 0.5) is 0 Å². The molecular formula is C11H22N2O3S. The Morgan fingerprint density at radius 1 is 1.29 bits per heavy atom. The third-order valence-electron chi connectivity index (χ3n) is 3.12. The SMILES string of the molecule is CC(C)(C)[C@H](N)C(=O)NC1CCS(=O)(=O)CC1. The summed E-state index contributed by atoms with van der Waals surface area (Å²) in [7, 11) is -2.88. The van der Waals surface area contributed by atoms with E-state index >= 15 is 0 Å². The van der Waals surface area contributed by atoms with E-state index in [1.807, 2.05) is 20.8 Å². The third kappa shape index (κ3) is 4.27. The number of hydrogen-bond acceptors (Lipinski definition) is 4. The molecule has 0 aromatic heterocycles. The first-order chi connectivity index (χ1) is 7.62. The van der Waals surface area contributed by atoms with E-state index in [4.69, 9.17) is 5.73 Å². The van der Waals surface area contributed by atoms with Gasteiger partial charge in [0.1, 0.15) is 9.84 Å². The van der Waals surface area contributed by atoms with Gasteiger partial charge in [0.2, 0.25) is 5.91 Å². The summed E-state index contributed by atoms with van der Waals surface area (Å²) in [6.07, 6.45) is 0.982. The van der Waals surface area contributed by atoms with E-state index in [1.54, 1.807) is 0 Å². The first-order valence-corrected chi connectivity index (χ1v) is 7.70. The van der Waals surface area contributed by atoms with Crippen molar-refractivity contribution in [2.24, 2.45) is 11.1 Å². The molecule has 0 spiro atoms. The predicted molar refractivity (Wildman–Crippen MR) is 67.2 cm³/mol. The Bertz CT molecular complexity index is 370. The van der Waals surface area contributed by atoms with E-state index < -0.39 is 15.9 Å². The molecule has 0 saturated carbocycles. The van der Waals surface area contributed by atoms with Crippen LogP contribution < -0.4 is 11.1 Å². The molecule has 6 heteroatoms. The summed E-state index contributed by atoms with van der Waals surface area (Å²) in [5.41, 5.74) is 5.55. The van der Waals surface area contributed by atoms with Crippen molar-refractivity contribution in [3.05, 3.63) is 0 Å². The maximum atomic E-state index is 11.8. The van der Waals surface area contributed by atoms with Crippen molar-refractivity contribution in [3.8, 4) is 0 Å². The van der Waals surface area contributed by atoms with E-state index in [0.29, 0.717) is 12.8 Å². The van der Waals surface area contributed by atoms with Crippen molar-refractivity contribution in [2.45, 2.75) is 45.7 Å². The molecule has 1 heterocycles. The number of amides is 1. The van der Waals surface area contributed by atoms with Crippen molar-refractivity contribution in [3.63, 3.8) is 0 Å². The van der Waals surface area contributed by atoms with Crippen LogP contribution in [0.1, 0.15) is 33.6 Å². The largest absolute Gasteiger partial charge is 0.352 e. The lowest BCUT2D eigenvalue weighted by Crippen LogP contribution is -2.52. The highest BCUT2D eigenvalue weighted by molar-refractivity contribution is 7.91. The second kappa shape index (κ2) is 4.94. The average Bonchev–Trinajstić information content (AvgIpc) is 2.18. The van der Waals surface area contributed by atoms with Gasteiger partial charge in [0.15, 0.2) is 0 Å². The number of rotatable bonds is 2. The van der Waals surface area contributed by atoms with Gasteiger partial charge in [-0.15, -0.1) is 0 Å². The molecule has 1 aliphatic rings. The molecule has 1 fully saturated rings. The Morgan fingerprint density at radius 3 is 2.18 bits per heavy atom. The van der Waals surface area contributed by atoms with Gasteiger partial charge in [-0.25, -0.2) is 8.42 Å². The highest BCUT2D eigenvalue weighted by Gasteiger charge is 2.30. The summed E-state index contributed by atoms with van der Waals surface area (Å²) >= 11 is 0. The molecule has 100 valence electrons. The average molecular weight is 262 g/mol. The molecule has 1 rings (SSSR count). The van der Waals surface area contributed by atoms with Gasteiger partial charge in [-0.1, -0.05) is 20.8 Å². The number of nitrogens with two attached hydrogens (primary N) is 1. The second-order valence-electron chi connectivity index (χ2n) is 5.78. The molecule has 3 N–H and O–H groups in total. The molecule has 5 nitrogen and oxygen atoms in total. The van der Waals surface area contributed by atoms with Crippen LogP contribution in [0.5, 0.6) is 0 Å². The zero-order chi connectivity index (χ0) is 13.3. The van der Waals surface area contributed by atoms with Crippen LogP contribution in [-0.2, 0) is 14.6 Å². The van der Waals surface area contributed by atoms with Gasteiger partial charge in [0.05, 0.1) is 17.5 Å². The highest BCUT2D eigenvalue weighted by Crippen LogP contribution is 2.18. The lowest BCUT2D eigenvalue weighted by atomic mass is 9.86.